The molecule has 0 heterocycles. The van der Waals surface area contributed by atoms with Crippen molar-refractivity contribution in [2.45, 2.75) is 19.4 Å². The van der Waals surface area contributed by atoms with E-state index in [9.17, 15) is 9.90 Å². The second kappa shape index (κ2) is 7.90. The minimum atomic E-state index is -0.0176. The van der Waals surface area contributed by atoms with Gasteiger partial charge in [-0.05, 0) is 18.1 Å². The number of phenols is 1. The fourth-order valence-corrected chi connectivity index (χ4v) is 1.94. The van der Waals surface area contributed by atoms with E-state index < -0.39 is 0 Å². The number of rotatable bonds is 6. The number of allylic oxidation sites excluding steroid dienone is 1. The van der Waals surface area contributed by atoms with Crippen LogP contribution in [0, 0.1) is 0 Å². The first-order valence-corrected chi connectivity index (χ1v) is 7.01. The van der Waals surface area contributed by atoms with Gasteiger partial charge in [0.05, 0.1) is 0 Å². The third kappa shape index (κ3) is 5.15. The number of benzene rings is 2. The summed E-state index contributed by atoms with van der Waals surface area (Å²) in [5.74, 6) is 0.192. The van der Waals surface area contributed by atoms with E-state index in [2.05, 4.69) is 5.32 Å². The van der Waals surface area contributed by atoms with Gasteiger partial charge in [0, 0.05) is 18.5 Å². The van der Waals surface area contributed by atoms with E-state index in [-0.39, 0.29) is 11.7 Å². The molecule has 108 valence electrons. The summed E-state index contributed by atoms with van der Waals surface area (Å²) in [6.45, 7) is 0.355. The van der Waals surface area contributed by atoms with E-state index in [1.807, 2.05) is 48.6 Å². The zero-order valence-corrected chi connectivity index (χ0v) is 11.8. The Hall–Kier alpha value is -2.55. The highest BCUT2D eigenvalue weighted by atomic mass is 16.3. The SMILES string of the molecule is O=C(CC/C=C/c1ccccc1)NCc1ccccc1O. The molecule has 0 aliphatic rings. The molecule has 3 heteroatoms. The minimum Gasteiger partial charge on any atom is -0.508 e. The molecule has 0 spiro atoms. The van der Waals surface area contributed by atoms with E-state index in [4.69, 9.17) is 0 Å². The van der Waals surface area contributed by atoms with Crippen LogP contribution in [0.2, 0.25) is 0 Å². The van der Waals surface area contributed by atoms with E-state index in [1.165, 1.54) is 0 Å². The van der Waals surface area contributed by atoms with Crippen LogP contribution >= 0.6 is 0 Å². The molecule has 21 heavy (non-hydrogen) atoms. The molecule has 0 aliphatic carbocycles. The van der Waals surface area contributed by atoms with Crippen LogP contribution in [0.5, 0.6) is 5.75 Å². The van der Waals surface area contributed by atoms with Crippen molar-refractivity contribution >= 4 is 12.0 Å². The highest BCUT2D eigenvalue weighted by molar-refractivity contribution is 5.76. The molecule has 0 atom stereocenters. The minimum absolute atomic E-state index is 0.0176. The Morgan fingerprint density at radius 1 is 1.05 bits per heavy atom. The molecule has 0 radical (unpaired) electrons. The first-order chi connectivity index (χ1) is 10.3. The zero-order chi connectivity index (χ0) is 14.9. The zero-order valence-electron chi connectivity index (χ0n) is 11.8. The summed E-state index contributed by atoms with van der Waals surface area (Å²) in [4.78, 5) is 11.7. The van der Waals surface area contributed by atoms with Crippen molar-refractivity contribution in [2.24, 2.45) is 0 Å². The van der Waals surface area contributed by atoms with Crippen LogP contribution in [0.15, 0.2) is 60.7 Å². The third-order valence-corrected chi connectivity index (χ3v) is 3.12. The molecule has 0 saturated heterocycles. The molecule has 2 N–H and O–H groups in total. The van der Waals surface area contributed by atoms with Crippen LogP contribution in [-0.2, 0) is 11.3 Å². The van der Waals surface area contributed by atoms with Crippen LogP contribution in [0.1, 0.15) is 24.0 Å². The number of carbonyl (C=O) groups excluding carboxylic acids is 1. The number of aromatic hydroxyl groups is 1. The molecule has 0 saturated carbocycles. The number of hydrogen-bond donors (Lipinski definition) is 2. The lowest BCUT2D eigenvalue weighted by Crippen LogP contribution is -2.22. The average Bonchev–Trinajstić information content (AvgIpc) is 2.52. The van der Waals surface area contributed by atoms with E-state index >= 15 is 0 Å². The normalized spacial score (nSPS) is 10.7. The lowest BCUT2D eigenvalue weighted by molar-refractivity contribution is -0.121. The Balaban J connectivity index is 1.71. The number of para-hydroxylation sites is 1. The topological polar surface area (TPSA) is 49.3 Å². The van der Waals surface area contributed by atoms with Gasteiger partial charge in [-0.1, -0.05) is 60.7 Å². The van der Waals surface area contributed by atoms with Gasteiger partial charge >= 0.3 is 0 Å². The molecule has 0 aromatic heterocycles. The van der Waals surface area contributed by atoms with Crippen molar-refractivity contribution in [3.63, 3.8) is 0 Å². The van der Waals surface area contributed by atoms with E-state index in [1.54, 1.807) is 18.2 Å². The number of nitrogens with one attached hydrogen (secondary N) is 1. The maximum absolute atomic E-state index is 11.7. The lowest BCUT2D eigenvalue weighted by Gasteiger charge is -2.06. The Kier molecular flexibility index (Phi) is 5.59. The molecule has 0 unspecified atom stereocenters. The fraction of sp³-hybridized carbons (Fsp3) is 0.167. The van der Waals surface area contributed by atoms with Gasteiger partial charge in [-0.2, -0.15) is 0 Å². The van der Waals surface area contributed by atoms with E-state index in [0.717, 1.165) is 11.1 Å². The summed E-state index contributed by atoms with van der Waals surface area (Å²) < 4.78 is 0. The first-order valence-electron chi connectivity index (χ1n) is 7.01. The number of carbonyl (C=O) groups is 1. The molecular formula is C18H19NO2. The standard InChI is InChI=1S/C18H19NO2/c20-17-12-6-5-11-16(17)14-19-18(21)13-7-4-10-15-8-2-1-3-9-15/h1-6,8-12,20H,7,13-14H2,(H,19,21)/b10-4+. The highest BCUT2D eigenvalue weighted by Gasteiger charge is 2.02. The Labute approximate surface area is 124 Å². The smallest absolute Gasteiger partial charge is 0.220 e. The van der Waals surface area contributed by atoms with Gasteiger partial charge in [0.15, 0.2) is 0 Å². The summed E-state index contributed by atoms with van der Waals surface area (Å²) in [7, 11) is 0. The summed E-state index contributed by atoms with van der Waals surface area (Å²) in [5, 5.41) is 12.4. The molecule has 2 aromatic rings. The van der Waals surface area contributed by atoms with Gasteiger partial charge in [0.25, 0.3) is 0 Å². The average molecular weight is 281 g/mol. The maximum atomic E-state index is 11.7. The highest BCUT2D eigenvalue weighted by Crippen LogP contribution is 2.14. The number of amides is 1. The largest absolute Gasteiger partial charge is 0.508 e. The van der Waals surface area contributed by atoms with Gasteiger partial charge in [-0.25, -0.2) is 0 Å². The Bertz CT molecular complexity index is 606. The van der Waals surface area contributed by atoms with Crippen LogP contribution < -0.4 is 5.32 Å². The molecular weight excluding hydrogens is 262 g/mol. The molecule has 2 aromatic carbocycles. The van der Waals surface area contributed by atoms with Crippen molar-refractivity contribution < 1.29 is 9.90 Å². The fourth-order valence-electron chi connectivity index (χ4n) is 1.94. The maximum Gasteiger partial charge on any atom is 0.220 e. The monoisotopic (exact) mass is 281 g/mol. The van der Waals surface area contributed by atoms with Gasteiger partial charge < -0.3 is 10.4 Å². The molecule has 1 amide bonds. The second-order valence-corrected chi connectivity index (χ2v) is 4.76. The quantitative estimate of drug-likeness (QED) is 0.851. The Morgan fingerprint density at radius 2 is 1.76 bits per heavy atom. The summed E-state index contributed by atoms with van der Waals surface area (Å²) in [6, 6.07) is 17.0. The van der Waals surface area contributed by atoms with Crippen LogP contribution in [-0.4, -0.2) is 11.0 Å². The van der Waals surface area contributed by atoms with Crippen molar-refractivity contribution in [1.82, 2.24) is 5.32 Å². The summed E-state index contributed by atoms with van der Waals surface area (Å²) >= 11 is 0. The molecule has 0 aliphatic heterocycles. The Morgan fingerprint density at radius 3 is 2.52 bits per heavy atom. The molecule has 0 fully saturated rings. The molecule has 3 nitrogen and oxygen atoms in total. The van der Waals surface area contributed by atoms with Gasteiger partial charge in [0.2, 0.25) is 5.91 Å². The van der Waals surface area contributed by atoms with Crippen LogP contribution in [0.4, 0.5) is 0 Å². The van der Waals surface area contributed by atoms with Gasteiger partial charge in [-0.15, -0.1) is 0 Å². The predicted molar refractivity (Wildman–Crippen MR) is 84.7 cm³/mol. The van der Waals surface area contributed by atoms with Gasteiger partial charge in [-0.3, -0.25) is 4.79 Å². The van der Waals surface area contributed by atoms with E-state index in [0.29, 0.717) is 19.4 Å². The van der Waals surface area contributed by atoms with Crippen molar-refractivity contribution in [3.8, 4) is 5.75 Å². The number of hydrogen-bond acceptors (Lipinski definition) is 2. The van der Waals surface area contributed by atoms with Crippen molar-refractivity contribution in [3.05, 3.63) is 71.8 Å². The van der Waals surface area contributed by atoms with Crippen LogP contribution in [0.25, 0.3) is 6.08 Å². The summed E-state index contributed by atoms with van der Waals surface area (Å²) in [5.41, 5.74) is 1.86. The van der Waals surface area contributed by atoms with Crippen molar-refractivity contribution in [1.29, 1.82) is 0 Å². The number of phenolic OH excluding ortho intramolecular Hbond substituents is 1. The van der Waals surface area contributed by atoms with Gasteiger partial charge in [0.1, 0.15) is 5.75 Å². The molecule has 0 bridgehead atoms. The molecule has 2 rings (SSSR count). The first kappa shape index (κ1) is 14.9. The predicted octanol–water partition coefficient (Wildman–Crippen LogP) is 3.50. The lowest BCUT2D eigenvalue weighted by atomic mass is 10.2. The third-order valence-electron chi connectivity index (χ3n) is 3.12. The second-order valence-electron chi connectivity index (χ2n) is 4.76. The van der Waals surface area contributed by atoms with Crippen LogP contribution in [0.3, 0.4) is 0 Å². The van der Waals surface area contributed by atoms with Crippen molar-refractivity contribution in [2.75, 3.05) is 0 Å². The summed E-state index contributed by atoms with van der Waals surface area (Å²) in [6.07, 6.45) is 5.14.